The molecule has 1 aromatic carbocycles. The van der Waals surface area contributed by atoms with Crippen molar-refractivity contribution in [3.05, 3.63) is 57.0 Å². The normalized spacial score (nSPS) is 13.0. The quantitative estimate of drug-likeness (QED) is 0.756. The van der Waals surface area contributed by atoms with Gasteiger partial charge in [-0.1, -0.05) is 19.1 Å². The highest BCUT2D eigenvalue weighted by Gasteiger charge is 2.20. The fourth-order valence-electron chi connectivity index (χ4n) is 2.53. The Morgan fingerprint density at radius 3 is 2.70 bits per heavy atom. The molecule has 0 bridgehead atoms. The first-order valence-corrected chi connectivity index (χ1v) is 7.75. The number of thiophene rings is 1. The largest absolute Gasteiger partial charge is 0.459 e. The first kappa shape index (κ1) is 13.4. The number of nitrogens with two attached hydrogens (primary N) is 1. The number of furan rings is 1. The zero-order chi connectivity index (χ0) is 14.3. The molecule has 3 aromatic rings. The van der Waals surface area contributed by atoms with Gasteiger partial charge in [-0.15, -0.1) is 11.3 Å². The maximum absolute atomic E-state index is 6.40. The lowest BCUT2D eigenvalue weighted by Crippen LogP contribution is -2.10. The first-order valence-electron chi connectivity index (χ1n) is 6.94. The van der Waals surface area contributed by atoms with E-state index >= 15 is 0 Å². The predicted molar refractivity (Wildman–Crippen MR) is 85.4 cm³/mol. The molecule has 0 saturated heterocycles. The van der Waals surface area contributed by atoms with Crippen LogP contribution in [0.1, 0.15) is 39.6 Å². The number of hydrogen-bond donors (Lipinski definition) is 1. The van der Waals surface area contributed by atoms with E-state index in [1.807, 2.05) is 0 Å². The summed E-state index contributed by atoms with van der Waals surface area (Å²) in [6.45, 7) is 6.32. The van der Waals surface area contributed by atoms with Gasteiger partial charge in [-0.3, -0.25) is 0 Å². The van der Waals surface area contributed by atoms with E-state index in [-0.39, 0.29) is 6.04 Å². The lowest BCUT2D eigenvalue weighted by atomic mass is 10.1. The Morgan fingerprint density at radius 1 is 1.20 bits per heavy atom. The number of aryl methyl sites for hydroxylation is 3. The highest BCUT2D eigenvalue weighted by atomic mass is 32.1. The van der Waals surface area contributed by atoms with Gasteiger partial charge in [-0.2, -0.15) is 0 Å². The molecule has 0 aliphatic heterocycles. The van der Waals surface area contributed by atoms with Crippen LogP contribution in [-0.4, -0.2) is 0 Å². The standard InChI is InChI=1S/C17H19NOS/c1-4-12-6-8-15(20-12)16(18)17-11(3)13-7-5-10(2)9-14(13)19-17/h5-9,16H,4,18H2,1-3H3. The summed E-state index contributed by atoms with van der Waals surface area (Å²) in [4.78, 5) is 2.53. The van der Waals surface area contributed by atoms with E-state index in [0.717, 1.165) is 28.7 Å². The van der Waals surface area contributed by atoms with Crippen LogP contribution in [0.2, 0.25) is 0 Å². The Bertz CT molecular complexity index is 754. The van der Waals surface area contributed by atoms with Crippen LogP contribution in [0.25, 0.3) is 11.0 Å². The second-order valence-electron chi connectivity index (χ2n) is 5.23. The van der Waals surface area contributed by atoms with Crippen molar-refractivity contribution in [1.29, 1.82) is 0 Å². The molecule has 1 atom stereocenters. The number of rotatable bonds is 3. The van der Waals surface area contributed by atoms with Gasteiger partial charge in [0.05, 0.1) is 6.04 Å². The predicted octanol–water partition coefficient (Wildman–Crippen LogP) is 4.72. The van der Waals surface area contributed by atoms with Gasteiger partial charge in [0.1, 0.15) is 11.3 Å². The van der Waals surface area contributed by atoms with Crippen molar-refractivity contribution in [2.75, 3.05) is 0 Å². The highest BCUT2D eigenvalue weighted by molar-refractivity contribution is 7.12. The smallest absolute Gasteiger partial charge is 0.134 e. The molecule has 3 heteroatoms. The molecular weight excluding hydrogens is 266 g/mol. The van der Waals surface area contributed by atoms with E-state index in [1.165, 1.54) is 15.3 Å². The topological polar surface area (TPSA) is 39.2 Å². The SMILES string of the molecule is CCc1ccc(C(N)c2oc3cc(C)ccc3c2C)s1. The van der Waals surface area contributed by atoms with Gasteiger partial charge in [-0.05, 0) is 44.0 Å². The lowest BCUT2D eigenvalue weighted by Gasteiger charge is -2.07. The van der Waals surface area contributed by atoms with Gasteiger partial charge in [-0.25, -0.2) is 0 Å². The Hall–Kier alpha value is -1.58. The molecule has 2 heterocycles. The minimum atomic E-state index is -0.173. The Balaban J connectivity index is 2.06. The van der Waals surface area contributed by atoms with Gasteiger partial charge in [0.25, 0.3) is 0 Å². The summed E-state index contributed by atoms with van der Waals surface area (Å²) in [5, 5.41) is 1.16. The zero-order valence-electron chi connectivity index (χ0n) is 12.1. The van der Waals surface area contributed by atoms with Crippen LogP contribution in [0.15, 0.2) is 34.7 Å². The van der Waals surface area contributed by atoms with Crippen LogP contribution in [0.5, 0.6) is 0 Å². The molecule has 0 radical (unpaired) electrons. The molecule has 2 aromatic heterocycles. The van der Waals surface area contributed by atoms with Gasteiger partial charge in [0, 0.05) is 20.7 Å². The molecule has 0 aliphatic rings. The van der Waals surface area contributed by atoms with Crippen molar-refractivity contribution < 1.29 is 4.42 Å². The summed E-state index contributed by atoms with van der Waals surface area (Å²) >= 11 is 1.77. The molecule has 0 amide bonds. The molecule has 0 fully saturated rings. The summed E-state index contributed by atoms with van der Waals surface area (Å²) < 4.78 is 6.02. The lowest BCUT2D eigenvalue weighted by molar-refractivity contribution is 0.523. The summed E-state index contributed by atoms with van der Waals surface area (Å²) in [6, 6.07) is 10.4. The molecule has 0 saturated carbocycles. The second kappa shape index (κ2) is 5.08. The van der Waals surface area contributed by atoms with Crippen molar-refractivity contribution in [2.24, 2.45) is 5.73 Å². The van der Waals surface area contributed by atoms with E-state index in [9.17, 15) is 0 Å². The highest BCUT2D eigenvalue weighted by Crippen LogP contribution is 2.34. The summed E-state index contributed by atoms with van der Waals surface area (Å²) in [6.07, 6.45) is 1.05. The zero-order valence-corrected chi connectivity index (χ0v) is 12.9. The minimum Gasteiger partial charge on any atom is -0.459 e. The fourth-order valence-corrected chi connectivity index (χ4v) is 3.48. The summed E-state index contributed by atoms with van der Waals surface area (Å²) in [5.41, 5.74) is 9.69. The van der Waals surface area contributed by atoms with Gasteiger partial charge < -0.3 is 10.2 Å². The number of hydrogen-bond acceptors (Lipinski definition) is 3. The van der Waals surface area contributed by atoms with E-state index in [4.69, 9.17) is 10.2 Å². The minimum absolute atomic E-state index is 0.173. The molecular formula is C17H19NOS. The van der Waals surface area contributed by atoms with Crippen LogP contribution >= 0.6 is 11.3 Å². The molecule has 2 N–H and O–H groups in total. The third-order valence-corrected chi connectivity index (χ3v) is 5.06. The van der Waals surface area contributed by atoms with Crippen molar-refractivity contribution in [3.8, 4) is 0 Å². The van der Waals surface area contributed by atoms with Crippen molar-refractivity contribution in [3.63, 3.8) is 0 Å². The van der Waals surface area contributed by atoms with E-state index < -0.39 is 0 Å². The summed E-state index contributed by atoms with van der Waals surface area (Å²) in [5.74, 6) is 0.884. The van der Waals surface area contributed by atoms with Gasteiger partial charge in [0.2, 0.25) is 0 Å². The summed E-state index contributed by atoms with van der Waals surface area (Å²) in [7, 11) is 0. The average Bonchev–Trinajstić information content (AvgIpc) is 3.03. The van der Waals surface area contributed by atoms with Crippen molar-refractivity contribution in [1.82, 2.24) is 0 Å². The molecule has 0 aliphatic carbocycles. The monoisotopic (exact) mass is 285 g/mol. The average molecular weight is 285 g/mol. The van der Waals surface area contributed by atoms with Crippen molar-refractivity contribution in [2.45, 2.75) is 33.2 Å². The van der Waals surface area contributed by atoms with Crippen LogP contribution < -0.4 is 5.73 Å². The van der Waals surface area contributed by atoms with Crippen molar-refractivity contribution >= 4 is 22.3 Å². The molecule has 3 rings (SSSR count). The van der Waals surface area contributed by atoms with Crippen LogP contribution in [0, 0.1) is 13.8 Å². The molecule has 20 heavy (non-hydrogen) atoms. The van der Waals surface area contributed by atoms with Crippen LogP contribution in [-0.2, 0) is 6.42 Å². The number of benzene rings is 1. The Labute approximate surface area is 123 Å². The van der Waals surface area contributed by atoms with Crippen LogP contribution in [0.4, 0.5) is 0 Å². The van der Waals surface area contributed by atoms with Gasteiger partial charge >= 0.3 is 0 Å². The molecule has 2 nitrogen and oxygen atoms in total. The Kier molecular flexibility index (Phi) is 3.40. The Morgan fingerprint density at radius 2 is 2.00 bits per heavy atom. The third-order valence-electron chi connectivity index (χ3n) is 3.75. The maximum atomic E-state index is 6.40. The molecule has 104 valence electrons. The molecule has 1 unspecified atom stereocenters. The second-order valence-corrected chi connectivity index (χ2v) is 6.43. The van der Waals surface area contributed by atoms with E-state index in [1.54, 1.807) is 11.3 Å². The van der Waals surface area contributed by atoms with E-state index in [2.05, 4.69) is 51.1 Å². The van der Waals surface area contributed by atoms with Gasteiger partial charge in [0.15, 0.2) is 0 Å². The van der Waals surface area contributed by atoms with Crippen LogP contribution in [0.3, 0.4) is 0 Å². The molecule has 0 spiro atoms. The number of fused-ring (bicyclic) bond motifs is 1. The maximum Gasteiger partial charge on any atom is 0.134 e. The van der Waals surface area contributed by atoms with E-state index in [0.29, 0.717) is 0 Å². The first-order chi connectivity index (χ1) is 9.60. The fraction of sp³-hybridized carbons (Fsp3) is 0.294. The third kappa shape index (κ3) is 2.17.